The van der Waals surface area contributed by atoms with Gasteiger partial charge in [-0.25, -0.2) is 0 Å². The van der Waals surface area contributed by atoms with Crippen molar-refractivity contribution in [2.24, 2.45) is 10.8 Å². The fraction of sp³-hybridized carbons (Fsp3) is 0.733. The van der Waals surface area contributed by atoms with E-state index in [1.54, 1.807) is 0 Å². The van der Waals surface area contributed by atoms with Crippen molar-refractivity contribution in [1.82, 2.24) is 0 Å². The van der Waals surface area contributed by atoms with Crippen LogP contribution in [0.2, 0.25) is 0 Å². The van der Waals surface area contributed by atoms with E-state index in [1.165, 1.54) is 24.0 Å². The lowest BCUT2D eigenvalue weighted by Crippen LogP contribution is -2.51. The van der Waals surface area contributed by atoms with Gasteiger partial charge in [0.15, 0.2) is 0 Å². The predicted molar refractivity (Wildman–Crippen MR) is 68.2 cm³/mol. The summed E-state index contributed by atoms with van der Waals surface area (Å²) in [6, 6.07) is 0. The molecule has 0 aromatic carbocycles. The molecule has 1 spiro atoms. The van der Waals surface area contributed by atoms with Crippen LogP contribution in [-0.2, 0) is 0 Å². The Kier molecular flexibility index (Phi) is 2.78. The zero-order chi connectivity index (χ0) is 12.0. The van der Waals surface area contributed by atoms with Gasteiger partial charge in [-0.1, -0.05) is 37.6 Å². The molecule has 2 atom stereocenters. The van der Waals surface area contributed by atoms with Gasteiger partial charge in [0.05, 0.1) is 6.10 Å². The van der Waals surface area contributed by atoms with Gasteiger partial charge in [-0.05, 0) is 44.4 Å². The molecule has 1 N–H and O–H groups in total. The summed E-state index contributed by atoms with van der Waals surface area (Å²) in [5, 5.41) is 10.6. The Bertz CT molecular complexity index is 337. The minimum atomic E-state index is -0.236. The van der Waals surface area contributed by atoms with Crippen LogP contribution >= 0.6 is 0 Å². The molecule has 2 unspecified atom stereocenters. The van der Waals surface area contributed by atoms with Crippen LogP contribution in [0.1, 0.15) is 52.9 Å². The Balaban J connectivity index is 2.44. The second kappa shape index (κ2) is 3.73. The van der Waals surface area contributed by atoms with Crippen LogP contribution in [0.4, 0.5) is 0 Å². The molecule has 1 saturated carbocycles. The molecule has 0 aromatic rings. The molecule has 90 valence electrons. The van der Waals surface area contributed by atoms with Crippen molar-refractivity contribution < 1.29 is 5.11 Å². The van der Waals surface area contributed by atoms with Crippen LogP contribution in [0, 0.1) is 10.8 Å². The smallest absolute Gasteiger partial charge is 0.0678 e. The number of rotatable bonds is 0. The molecular formula is C15H24O. The van der Waals surface area contributed by atoms with Crippen LogP contribution in [0.15, 0.2) is 23.8 Å². The van der Waals surface area contributed by atoms with E-state index in [4.69, 9.17) is 0 Å². The molecule has 1 fully saturated rings. The van der Waals surface area contributed by atoms with Crippen molar-refractivity contribution in [3.05, 3.63) is 23.8 Å². The third-order valence-corrected chi connectivity index (χ3v) is 4.98. The molecule has 1 heteroatoms. The first-order valence-electron chi connectivity index (χ1n) is 6.42. The SMILES string of the molecule is C=C1CCCC(C)(C)C12CC=C(C)CC2O. The number of aliphatic hydroxyl groups is 1. The van der Waals surface area contributed by atoms with Gasteiger partial charge in [0.1, 0.15) is 0 Å². The summed E-state index contributed by atoms with van der Waals surface area (Å²) in [4.78, 5) is 0. The number of hydrogen-bond donors (Lipinski definition) is 1. The molecule has 0 heterocycles. The van der Waals surface area contributed by atoms with E-state index in [-0.39, 0.29) is 16.9 Å². The molecule has 0 amide bonds. The maximum Gasteiger partial charge on any atom is 0.0678 e. The Morgan fingerprint density at radius 1 is 1.44 bits per heavy atom. The second-order valence-electron chi connectivity index (χ2n) is 6.29. The molecule has 1 nitrogen and oxygen atoms in total. The van der Waals surface area contributed by atoms with Crippen LogP contribution < -0.4 is 0 Å². The third kappa shape index (κ3) is 1.48. The minimum absolute atomic E-state index is 0.0647. The highest BCUT2D eigenvalue weighted by Gasteiger charge is 2.53. The average molecular weight is 220 g/mol. The van der Waals surface area contributed by atoms with E-state index in [2.05, 4.69) is 33.4 Å². The van der Waals surface area contributed by atoms with Gasteiger partial charge in [-0.15, -0.1) is 0 Å². The Labute approximate surface area is 99.3 Å². The predicted octanol–water partition coefficient (Wildman–Crippen LogP) is 3.84. The number of hydrogen-bond acceptors (Lipinski definition) is 1. The highest BCUT2D eigenvalue weighted by atomic mass is 16.3. The molecule has 0 radical (unpaired) electrons. The van der Waals surface area contributed by atoms with Gasteiger partial charge >= 0.3 is 0 Å². The van der Waals surface area contributed by atoms with Gasteiger partial charge < -0.3 is 5.11 Å². The third-order valence-electron chi connectivity index (χ3n) is 4.98. The quantitative estimate of drug-likeness (QED) is 0.615. The number of aliphatic hydroxyl groups excluding tert-OH is 1. The van der Waals surface area contributed by atoms with E-state index in [1.807, 2.05) is 0 Å². The monoisotopic (exact) mass is 220 g/mol. The largest absolute Gasteiger partial charge is 0.392 e. The Morgan fingerprint density at radius 3 is 2.69 bits per heavy atom. The molecule has 2 aliphatic carbocycles. The minimum Gasteiger partial charge on any atom is -0.392 e. The molecule has 0 aromatic heterocycles. The van der Waals surface area contributed by atoms with Crippen molar-refractivity contribution in [1.29, 1.82) is 0 Å². The first-order chi connectivity index (χ1) is 7.40. The average Bonchev–Trinajstić information content (AvgIpc) is 2.15. The van der Waals surface area contributed by atoms with Crippen LogP contribution in [0.25, 0.3) is 0 Å². The number of allylic oxidation sites excluding steroid dienone is 1. The lowest BCUT2D eigenvalue weighted by molar-refractivity contribution is -0.0562. The molecule has 16 heavy (non-hydrogen) atoms. The highest BCUT2D eigenvalue weighted by Crippen LogP contribution is 2.59. The zero-order valence-electron chi connectivity index (χ0n) is 10.8. The standard InChI is InChI=1S/C15H24O/c1-11-7-9-15(13(16)10-11)12(2)6-5-8-14(15,3)4/h7,13,16H,2,5-6,8-10H2,1,3-4H3. The van der Waals surface area contributed by atoms with E-state index in [0.29, 0.717) is 0 Å². The van der Waals surface area contributed by atoms with Gasteiger partial charge in [0, 0.05) is 5.41 Å². The van der Waals surface area contributed by atoms with Gasteiger partial charge in [-0.2, -0.15) is 0 Å². The topological polar surface area (TPSA) is 20.2 Å². The molecule has 0 saturated heterocycles. The molecular weight excluding hydrogens is 196 g/mol. The zero-order valence-corrected chi connectivity index (χ0v) is 10.8. The normalized spacial score (nSPS) is 38.6. The van der Waals surface area contributed by atoms with Gasteiger partial charge in [0.2, 0.25) is 0 Å². The summed E-state index contributed by atoms with van der Waals surface area (Å²) in [6.07, 6.45) is 7.39. The van der Waals surface area contributed by atoms with E-state index in [0.717, 1.165) is 19.3 Å². The fourth-order valence-corrected chi connectivity index (χ4v) is 3.81. The first-order valence-corrected chi connectivity index (χ1v) is 6.42. The maximum absolute atomic E-state index is 10.6. The van der Waals surface area contributed by atoms with Crippen molar-refractivity contribution in [3.8, 4) is 0 Å². The fourth-order valence-electron chi connectivity index (χ4n) is 3.81. The van der Waals surface area contributed by atoms with E-state index < -0.39 is 0 Å². The van der Waals surface area contributed by atoms with Crippen molar-refractivity contribution in [2.75, 3.05) is 0 Å². The van der Waals surface area contributed by atoms with Crippen molar-refractivity contribution in [2.45, 2.75) is 59.0 Å². The summed E-state index contributed by atoms with van der Waals surface area (Å²) < 4.78 is 0. The van der Waals surface area contributed by atoms with Crippen molar-refractivity contribution >= 4 is 0 Å². The molecule has 0 aliphatic heterocycles. The van der Waals surface area contributed by atoms with Gasteiger partial charge in [0.25, 0.3) is 0 Å². The van der Waals surface area contributed by atoms with Crippen molar-refractivity contribution in [3.63, 3.8) is 0 Å². The van der Waals surface area contributed by atoms with Gasteiger partial charge in [-0.3, -0.25) is 0 Å². The Hall–Kier alpha value is -0.560. The first kappa shape index (κ1) is 11.9. The Morgan fingerprint density at radius 2 is 2.12 bits per heavy atom. The van der Waals surface area contributed by atoms with Crippen LogP contribution in [0.3, 0.4) is 0 Å². The summed E-state index contributed by atoms with van der Waals surface area (Å²) in [7, 11) is 0. The van der Waals surface area contributed by atoms with E-state index in [9.17, 15) is 5.11 Å². The lowest BCUT2D eigenvalue weighted by Gasteiger charge is -2.55. The summed E-state index contributed by atoms with van der Waals surface area (Å²) >= 11 is 0. The van der Waals surface area contributed by atoms with Crippen LogP contribution in [0.5, 0.6) is 0 Å². The molecule has 2 aliphatic rings. The van der Waals surface area contributed by atoms with E-state index >= 15 is 0 Å². The summed E-state index contributed by atoms with van der Waals surface area (Å²) in [5.41, 5.74) is 2.72. The highest BCUT2D eigenvalue weighted by molar-refractivity contribution is 5.27. The van der Waals surface area contributed by atoms with Crippen LogP contribution in [-0.4, -0.2) is 11.2 Å². The summed E-state index contributed by atoms with van der Waals surface area (Å²) in [6.45, 7) is 11.0. The molecule has 0 bridgehead atoms. The summed E-state index contributed by atoms with van der Waals surface area (Å²) in [5.74, 6) is 0. The maximum atomic E-state index is 10.6. The molecule has 2 rings (SSSR count). The lowest BCUT2D eigenvalue weighted by atomic mass is 9.50. The second-order valence-corrected chi connectivity index (χ2v) is 6.29.